The average molecular weight is 801 g/mol. The van der Waals surface area contributed by atoms with Gasteiger partial charge in [0.15, 0.2) is 6.10 Å². The molecule has 55 heavy (non-hydrogen) atoms. The lowest BCUT2D eigenvalue weighted by atomic mass is 10.1. The lowest BCUT2D eigenvalue weighted by Gasteiger charge is -2.20. The minimum atomic E-state index is -4.62. The van der Waals surface area contributed by atoms with E-state index in [1.807, 2.05) is 0 Å². The summed E-state index contributed by atoms with van der Waals surface area (Å²) in [5, 5.41) is 18.3. The summed E-state index contributed by atoms with van der Waals surface area (Å²) in [4.78, 5) is 35.0. The van der Waals surface area contributed by atoms with Crippen LogP contribution in [-0.2, 0) is 32.7 Å². The topological polar surface area (TPSA) is 149 Å². The molecule has 0 amide bonds. The van der Waals surface area contributed by atoms with Gasteiger partial charge in [-0.3, -0.25) is 18.6 Å². The van der Waals surface area contributed by atoms with Crippen LogP contribution in [0.5, 0.6) is 0 Å². The fourth-order valence-corrected chi connectivity index (χ4v) is 6.63. The Hall–Kier alpha value is -1.81. The van der Waals surface area contributed by atoms with Crippen molar-refractivity contribution in [3.8, 4) is 0 Å². The highest BCUT2D eigenvalue weighted by atomic mass is 31.2. The zero-order valence-corrected chi connectivity index (χ0v) is 35.8. The van der Waals surface area contributed by atoms with Crippen molar-refractivity contribution >= 4 is 19.8 Å². The van der Waals surface area contributed by atoms with E-state index in [1.54, 1.807) is 0 Å². The number of allylic oxidation sites excluding steroid dienone is 6. The van der Waals surface area contributed by atoms with Gasteiger partial charge in [-0.2, -0.15) is 0 Å². The number of phosphoric acid groups is 1. The molecule has 0 heterocycles. The van der Waals surface area contributed by atoms with Gasteiger partial charge in [0.25, 0.3) is 0 Å². The van der Waals surface area contributed by atoms with Crippen LogP contribution in [0.25, 0.3) is 0 Å². The van der Waals surface area contributed by atoms with Crippen molar-refractivity contribution in [2.45, 2.75) is 206 Å². The molecular formula is C44H81O10P. The Bertz CT molecular complexity index is 1010. The fraction of sp³-hybridized carbons (Fsp3) is 0.818. The van der Waals surface area contributed by atoms with E-state index < -0.39 is 51.8 Å². The van der Waals surface area contributed by atoms with Gasteiger partial charge >= 0.3 is 19.8 Å². The van der Waals surface area contributed by atoms with E-state index in [0.717, 1.165) is 57.8 Å². The van der Waals surface area contributed by atoms with Crippen molar-refractivity contribution in [1.29, 1.82) is 0 Å². The maximum absolute atomic E-state index is 12.6. The van der Waals surface area contributed by atoms with Crippen molar-refractivity contribution in [2.75, 3.05) is 26.4 Å². The van der Waals surface area contributed by atoms with Gasteiger partial charge in [-0.05, 0) is 70.6 Å². The van der Waals surface area contributed by atoms with E-state index in [2.05, 4.69) is 54.8 Å². The third-order valence-corrected chi connectivity index (χ3v) is 10.2. The predicted molar refractivity (Wildman–Crippen MR) is 224 cm³/mol. The van der Waals surface area contributed by atoms with Crippen LogP contribution >= 0.6 is 7.82 Å². The number of hydrogen-bond donors (Lipinski definition) is 3. The van der Waals surface area contributed by atoms with Gasteiger partial charge in [0.1, 0.15) is 12.7 Å². The molecule has 11 heteroatoms. The zero-order chi connectivity index (χ0) is 40.5. The van der Waals surface area contributed by atoms with Gasteiger partial charge in [0, 0.05) is 12.8 Å². The minimum absolute atomic E-state index is 0.177. The largest absolute Gasteiger partial charge is 0.472 e. The van der Waals surface area contributed by atoms with Crippen LogP contribution in [0.1, 0.15) is 194 Å². The van der Waals surface area contributed by atoms with Crippen molar-refractivity contribution in [2.24, 2.45) is 0 Å². The molecule has 10 nitrogen and oxygen atoms in total. The molecule has 0 rings (SSSR count). The first kappa shape index (κ1) is 53.2. The maximum atomic E-state index is 12.6. The first-order valence-corrected chi connectivity index (χ1v) is 23.4. The molecule has 0 aliphatic heterocycles. The number of esters is 2. The van der Waals surface area contributed by atoms with E-state index in [9.17, 15) is 24.2 Å². The number of rotatable bonds is 41. The highest BCUT2D eigenvalue weighted by molar-refractivity contribution is 7.47. The monoisotopic (exact) mass is 801 g/mol. The summed E-state index contributed by atoms with van der Waals surface area (Å²) in [6.45, 7) is 2.33. The molecule has 0 bridgehead atoms. The molecular weight excluding hydrogens is 719 g/mol. The predicted octanol–water partition coefficient (Wildman–Crippen LogP) is 11.6. The van der Waals surface area contributed by atoms with Crippen molar-refractivity contribution in [1.82, 2.24) is 0 Å². The third kappa shape index (κ3) is 40.2. The summed E-state index contributed by atoms with van der Waals surface area (Å²) in [5.41, 5.74) is 0. The quantitative estimate of drug-likeness (QED) is 0.0236. The summed E-state index contributed by atoms with van der Waals surface area (Å²) < 4.78 is 32.7. The first-order valence-electron chi connectivity index (χ1n) is 21.9. The summed E-state index contributed by atoms with van der Waals surface area (Å²) >= 11 is 0. The van der Waals surface area contributed by atoms with E-state index in [1.165, 1.54) is 96.3 Å². The molecule has 0 aromatic heterocycles. The normalized spacial score (nSPS) is 14.2. The third-order valence-electron chi connectivity index (χ3n) is 9.27. The number of aliphatic hydroxyl groups is 2. The SMILES string of the molecule is CCCCC/C=C/C/C=C/CCCCCCCCCCCC(=O)O[C@H](COC(=O)CCCCC/C=C/CCCCCCCC)COP(=O)(O)OC[C@@H](O)CO. The van der Waals surface area contributed by atoms with Gasteiger partial charge in [-0.1, -0.05) is 147 Å². The molecule has 0 aromatic rings. The molecule has 3 atom stereocenters. The molecule has 0 fully saturated rings. The first-order chi connectivity index (χ1) is 26.7. The lowest BCUT2D eigenvalue weighted by molar-refractivity contribution is -0.161. The fourth-order valence-electron chi connectivity index (χ4n) is 5.84. The van der Waals surface area contributed by atoms with Crippen LogP contribution in [0, 0.1) is 0 Å². The van der Waals surface area contributed by atoms with Crippen molar-refractivity contribution < 1.29 is 47.8 Å². The van der Waals surface area contributed by atoms with Crippen LogP contribution in [0.2, 0.25) is 0 Å². The molecule has 0 saturated heterocycles. The molecule has 1 unspecified atom stereocenters. The molecule has 322 valence electrons. The van der Waals surface area contributed by atoms with Gasteiger partial charge in [-0.15, -0.1) is 0 Å². The Kier molecular flexibility index (Phi) is 39.1. The number of unbranched alkanes of at least 4 members (excludes halogenated alkanes) is 21. The average Bonchev–Trinajstić information content (AvgIpc) is 3.17. The summed E-state index contributed by atoms with van der Waals surface area (Å²) in [7, 11) is -4.62. The van der Waals surface area contributed by atoms with Crippen LogP contribution < -0.4 is 0 Å². The second-order valence-electron chi connectivity index (χ2n) is 14.7. The second-order valence-corrected chi connectivity index (χ2v) is 16.2. The van der Waals surface area contributed by atoms with Crippen LogP contribution in [0.4, 0.5) is 0 Å². The smallest absolute Gasteiger partial charge is 0.462 e. The number of aliphatic hydroxyl groups excluding tert-OH is 2. The number of hydrogen-bond acceptors (Lipinski definition) is 9. The van der Waals surface area contributed by atoms with Crippen LogP contribution in [0.3, 0.4) is 0 Å². The summed E-state index contributed by atoms with van der Waals surface area (Å²) in [5.74, 6) is -0.946. The van der Waals surface area contributed by atoms with E-state index in [-0.39, 0.29) is 19.4 Å². The molecule has 0 aliphatic rings. The maximum Gasteiger partial charge on any atom is 0.472 e. The van der Waals surface area contributed by atoms with Gasteiger partial charge in [-0.25, -0.2) is 4.57 Å². The van der Waals surface area contributed by atoms with Crippen molar-refractivity contribution in [3.05, 3.63) is 36.5 Å². The number of carbonyl (C=O) groups is 2. The van der Waals surface area contributed by atoms with Gasteiger partial charge in [0.2, 0.25) is 0 Å². The molecule has 0 aromatic carbocycles. The number of ether oxygens (including phenoxy) is 2. The van der Waals surface area contributed by atoms with Gasteiger partial charge < -0.3 is 24.6 Å². The van der Waals surface area contributed by atoms with E-state index in [0.29, 0.717) is 12.8 Å². The highest BCUT2D eigenvalue weighted by Crippen LogP contribution is 2.43. The van der Waals surface area contributed by atoms with E-state index in [4.69, 9.17) is 19.1 Å². The molecule has 0 aliphatic carbocycles. The van der Waals surface area contributed by atoms with Crippen LogP contribution in [0.15, 0.2) is 36.5 Å². The molecule has 0 saturated carbocycles. The molecule has 0 radical (unpaired) electrons. The van der Waals surface area contributed by atoms with E-state index >= 15 is 0 Å². The Morgan fingerprint density at radius 1 is 0.545 bits per heavy atom. The molecule has 3 N–H and O–H groups in total. The lowest BCUT2D eigenvalue weighted by Crippen LogP contribution is -2.29. The number of phosphoric ester groups is 1. The highest BCUT2D eigenvalue weighted by Gasteiger charge is 2.27. The Morgan fingerprint density at radius 2 is 0.945 bits per heavy atom. The Morgan fingerprint density at radius 3 is 1.47 bits per heavy atom. The summed E-state index contributed by atoms with van der Waals surface area (Å²) in [6.07, 6.45) is 41.1. The second kappa shape index (κ2) is 40.4. The minimum Gasteiger partial charge on any atom is -0.462 e. The standard InChI is InChI=1S/C44H81O10P/c1-3-5-7-9-11-13-15-17-18-19-20-21-22-24-26-28-30-32-34-36-44(48)54-42(40-53-55(49,50)52-38-41(46)37-45)39-51-43(47)35-33-31-29-27-25-23-16-14-12-10-8-6-4-2/h11,13,17-18,23,25,41-42,45-46H,3-10,12,14-16,19-22,24,26-40H2,1-2H3,(H,49,50)/b13-11+,18-17+,25-23+/t41-,42+/m0/s1. The molecule has 0 spiro atoms. The van der Waals surface area contributed by atoms with Crippen LogP contribution in [-0.4, -0.2) is 65.7 Å². The Labute approximate surface area is 335 Å². The van der Waals surface area contributed by atoms with Gasteiger partial charge in [0.05, 0.1) is 19.8 Å². The number of carbonyl (C=O) groups excluding carboxylic acids is 2. The summed E-state index contributed by atoms with van der Waals surface area (Å²) in [6, 6.07) is 0. The zero-order valence-electron chi connectivity index (χ0n) is 34.9. The van der Waals surface area contributed by atoms with Crippen molar-refractivity contribution in [3.63, 3.8) is 0 Å². The Balaban J connectivity index is 4.29.